The van der Waals surface area contributed by atoms with Crippen LogP contribution in [0.1, 0.15) is 33.1 Å². The molecule has 0 saturated heterocycles. The van der Waals surface area contributed by atoms with Crippen molar-refractivity contribution in [3.05, 3.63) is 54.6 Å². The second kappa shape index (κ2) is 8.60. The minimum atomic E-state index is 0.128. The molecule has 5 nitrogen and oxygen atoms in total. The molecule has 1 aliphatic carbocycles. The van der Waals surface area contributed by atoms with E-state index in [2.05, 4.69) is 30.1 Å². The lowest BCUT2D eigenvalue weighted by Crippen LogP contribution is -2.34. The van der Waals surface area contributed by atoms with Crippen LogP contribution in [0.3, 0.4) is 0 Å². The number of carbonyl (C=O) groups is 1. The summed E-state index contributed by atoms with van der Waals surface area (Å²) in [6, 6.07) is 18.6. The molecule has 1 saturated carbocycles. The summed E-state index contributed by atoms with van der Waals surface area (Å²) in [4.78, 5) is 24.3. The minimum Gasteiger partial charge on any atom is -0.355 e. The molecule has 1 N–H and O–H groups in total. The fourth-order valence-corrected chi connectivity index (χ4v) is 3.51. The highest BCUT2D eigenvalue weighted by atomic mass is 16.1. The highest BCUT2D eigenvalue weighted by Crippen LogP contribution is 2.28. The first-order valence-electron chi connectivity index (χ1n) is 10.5. The van der Waals surface area contributed by atoms with Crippen molar-refractivity contribution in [1.82, 2.24) is 15.3 Å². The summed E-state index contributed by atoms with van der Waals surface area (Å²) >= 11 is 0. The van der Waals surface area contributed by atoms with Gasteiger partial charge in [0, 0.05) is 36.5 Å². The van der Waals surface area contributed by atoms with Crippen molar-refractivity contribution < 1.29 is 4.79 Å². The van der Waals surface area contributed by atoms with E-state index in [0.717, 1.165) is 47.5 Å². The van der Waals surface area contributed by atoms with Gasteiger partial charge in [0.2, 0.25) is 5.91 Å². The van der Waals surface area contributed by atoms with Crippen LogP contribution in [-0.2, 0) is 4.79 Å². The predicted octanol–water partition coefficient (Wildman–Crippen LogP) is 4.43. The molecule has 0 aliphatic heterocycles. The van der Waals surface area contributed by atoms with E-state index in [-0.39, 0.29) is 5.91 Å². The minimum absolute atomic E-state index is 0.128. The van der Waals surface area contributed by atoms with Crippen molar-refractivity contribution in [2.75, 3.05) is 18.0 Å². The SMILES string of the molecule is CC(C)CN(CCC(=O)NC1CC1)c1nc(-c2ccccc2)nc2ccccc12. The Kier molecular flexibility index (Phi) is 5.74. The molecular weight excluding hydrogens is 360 g/mol. The number of rotatable bonds is 8. The van der Waals surface area contributed by atoms with E-state index in [1.54, 1.807) is 0 Å². The van der Waals surface area contributed by atoms with Crippen molar-refractivity contribution in [1.29, 1.82) is 0 Å². The van der Waals surface area contributed by atoms with Gasteiger partial charge in [0.1, 0.15) is 5.82 Å². The topological polar surface area (TPSA) is 58.1 Å². The summed E-state index contributed by atoms with van der Waals surface area (Å²) in [5.74, 6) is 2.20. The van der Waals surface area contributed by atoms with Gasteiger partial charge in [0.05, 0.1) is 5.52 Å². The Labute approximate surface area is 172 Å². The molecule has 0 radical (unpaired) electrons. The number of nitrogens with one attached hydrogen (secondary N) is 1. The average Bonchev–Trinajstić information content (AvgIpc) is 3.54. The van der Waals surface area contributed by atoms with Gasteiger partial charge in [-0.2, -0.15) is 0 Å². The molecule has 1 amide bonds. The largest absolute Gasteiger partial charge is 0.355 e. The van der Waals surface area contributed by atoms with Gasteiger partial charge in [-0.25, -0.2) is 9.97 Å². The number of anilines is 1. The first-order valence-corrected chi connectivity index (χ1v) is 10.5. The monoisotopic (exact) mass is 388 g/mol. The number of carbonyl (C=O) groups excluding carboxylic acids is 1. The summed E-state index contributed by atoms with van der Waals surface area (Å²) in [6.45, 7) is 5.87. The molecule has 0 unspecified atom stereocenters. The zero-order chi connectivity index (χ0) is 20.2. The van der Waals surface area contributed by atoms with Crippen LogP contribution in [0.15, 0.2) is 54.6 Å². The van der Waals surface area contributed by atoms with Crippen molar-refractivity contribution in [3.8, 4) is 11.4 Å². The molecule has 3 aromatic rings. The first kappa shape index (κ1) is 19.4. The highest BCUT2D eigenvalue weighted by molar-refractivity contribution is 5.91. The van der Waals surface area contributed by atoms with Crippen molar-refractivity contribution >= 4 is 22.6 Å². The Hall–Kier alpha value is -2.95. The standard InChI is InChI=1S/C24H28N4O/c1-17(2)16-28(15-14-22(29)25-19-12-13-19)24-20-10-6-7-11-21(20)26-23(27-24)18-8-4-3-5-9-18/h3-11,17,19H,12-16H2,1-2H3,(H,25,29). The van der Waals surface area contributed by atoms with E-state index in [1.165, 1.54) is 0 Å². The Morgan fingerprint density at radius 1 is 1.07 bits per heavy atom. The summed E-state index contributed by atoms with van der Waals surface area (Å²) in [7, 11) is 0. The molecule has 0 atom stereocenters. The lowest BCUT2D eigenvalue weighted by molar-refractivity contribution is -0.121. The highest BCUT2D eigenvalue weighted by Gasteiger charge is 2.24. The van der Waals surface area contributed by atoms with Gasteiger partial charge in [-0.1, -0.05) is 56.3 Å². The normalized spacial score (nSPS) is 13.6. The fourth-order valence-electron chi connectivity index (χ4n) is 3.51. The van der Waals surface area contributed by atoms with Crippen molar-refractivity contribution in [3.63, 3.8) is 0 Å². The Morgan fingerprint density at radius 3 is 2.52 bits per heavy atom. The average molecular weight is 389 g/mol. The summed E-state index contributed by atoms with van der Waals surface area (Å²) in [5, 5.41) is 4.11. The maximum Gasteiger partial charge on any atom is 0.221 e. The second-order valence-corrected chi connectivity index (χ2v) is 8.19. The molecule has 0 bridgehead atoms. The molecule has 150 valence electrons. The lowest BCUT2D eigenvalue weighted by Gasteiger charge is -2.27. The van der Waals surface area contributed by atoms with Crippen LogP contribution in [0.25, 0.3) is 22.3 Å². The predicted molar refractivity (Wildman–Crippen MR) is 118 cm³/mol. The van der Waals surface area contributed by atoms with Gasteiger partial charge in [-0.05, 0) is 30.9 Å². The summed E-state index contributed by atoms with van der Waals surface area (Å²) in [5.41, 5.74) is 1.92. The van der Waals surface area contributed by atoms with Crippen molar-refractivity contribution in [2.45, 2.75) is 39.2 Å². The quantitative estimate of drug-likeness (QED) is 0.620. The number of hydrogen-bond acceptors (Lipinski definition) is 4. The van der Waals surface area contributed by atoms with Gasteiger partial charge in [0.15, 0.2) is 5.82 Å². The van der Waals surface area contributed by atoms with Crippen LogP contribution >= 0.6 is 0 Å². The van der Waals surface area contributed by atoms with Crippen LogP contribution in [0.5, 0.6) is 0 Å². The van der Waals surface area contributed by atoms with E-state index in [0.29, 0.717) is 24.9 Å². The Morgan fingerprint density at radius 2 is 1.79 bits per heavy atom. The zero-order valence-electron chi connectivity index (χ0n) is 17.1. The lowest BCUT2D eigenvalue weighted by atomic mass is 10.1. The van der Waals surface area contributed by atoms with Crippen LogP contribution in [0.4, 0.5) is 5.82 Å². The van der Waals surface area contributed by atoms with Gasteiger partial charge in [0.25, 0.3) is 0 Å². The molecule has 2 aromatic carbocycles. The molecule has 1 aromatic heterocycles. The fraction of sp³-hybridized carbons (Fsp3) is 0.375. The Balaban J connectivity index is 1.69. The number of nitrogens with zero attached hydrogens (tertiary/aromatic N) is 3. The number of benzene rings is 2. The third-order valence-electron chi connectivity index (χ3n) is 5.05. The number of amides is 1. The molecule has 1 heterocycles. The maximum atomic E-state index is 12.3. The smallest absolute Gasteiger partial charge is 0.221 e. The Bertz CT molecular complexity index is 983. The van der Waals surface area contributed by atoms with E-state index in [9.17, 15) is 4.79 Å². The van der Waals surface area contributed by atoms with Gasteiger partial charge in [-0.15, -0.1) is 0 Å². The molecule has 4 rings (SSSR count). The van der Waals surface area contributed by atoms with E-state index in [4.69, 9.17) is 9.97 Å². The first-order chi connectivity index (χ1) is 14.1. The number of aromatic nitrogens is 2. The van der Waals surface area contributed by atoms with Crippen molar-refractivity contribution in [2.24, 2.45) is 5.92 Å². The van der Waals surface area contributed by atoms with Gasteiger partial charge in [-0.3, -0.25) is 4.79 Å². The number of para-hydroxylation sites is 1. The molecular formula is C24H28N4O. The van der Waals surface area contributed by atoms with Crippen LogP contribution in [0, 0.1) is 5.92 Å². The summed E-state index contributed by atoms with van der Waals surface area (Å²) in [6.07, 6.45) is 2.69. The summed E-state index contributed by atoms with van der Waals surface area (Å²) < 4.78 is 0. The number of fused-ring (bicyclic) bond motifs is 1. The molecule has 1 fully saturated rings. The molecule has 1 aliphatic rings. The second-order valence-electron chi connectivity index (χ2n) is 8.19. The van der Waals surface area contributed by atoms with Gasteiger partial charge >= 0.3 is 0 Å². The molecule has 0 spiro atoms. The number of hydrogen-bond donors (Lipinski definition) is 1. The maximum absolute atomic E-state index is 12.3. The zero-order valence-corrected chi connectivity index (χ0v) is 17.1. The van der Waals surface area contributed by atoms with E-state index < -0.39 is 0 Å². The van der Waals surface area contributed by atoms with Crippen LogP contribution < -0.4 is 10.2 Å². The van der Waals surface area contributed by atoms with E-state index in [1.807, 2.05) is 48.5 Å². The van der Waals surface area contributed by atoms with Crippen LogP contribution in [-0.4, -0.2) is 35.0 Å². The van der Waals surface area contributed by atoms with Crippen LogP contribution in [0.2, 0.25) is 0 Å². The molecule has 5 heteroatoms. The van der Waals surface area contributed by atoms with Gasteiger partial charge < -0.3 is 10.2 Å². The van der Waals surface area contributed by atoms with E-state index >= 15 is 0 Å². The third-order valence-corrected chi connectivity index (χ3v) is 5.05. The molecule has 29 heavy (non-hydrogen) atoms. The third kappa shape index (κ3) is 4.91.